The third-order valence-corrected chi connectivity index (χ3v) is 4.05. The first-order valence-electron chi connectivity index (χ1n) is 5.02. The first-order valence-corrected chi connectivity index (χ1v) is 6.57. The molecule has 0 aliphatic carbocycles. The smallest absolute Gasteiger partial charge is 0.233 e. The Labute approximate surface area is 123 Å². The Morgan fingerprint density at radius 2 is 2.00 bits per heavy atom. The number of nitrogens with zero attached hydrogens (tertiary/aromatic N) is 1. The molecule has 0 saturated carbocycles. The lowest BCUT2D eigenvalue weighted by Crippen LogP contribution is -1.96. The Kier molecular flexibility index (Phi) is 4.00. The number of anilines is 1. The summed E-state index contributed by atoms with van der Waals surface area (Å²) in [5.74, 6) is 0.988. The van der Waals surface area contributed by atoms with Crippen molar-refractivity contribution in [3.8, 4) is 11.6 Å². The van der Waals surface area contributed by atoms with Crippen molar-refractivity contribution in [3.05, 3.63) is 44.5 Å². The van der Waals surface area contributed by atoms with Crippen LogP contribution in [-0.4, -0.2) is 4.98 Å². The highest BCUT2D eigenvalue weighted by Gasteiger charge is 2.10. The maximum atomic E-state index is 5.91. The second-order valence-electron chi connectivity index (χ2n) is 3.64. The molecular formula is C12H9BrCl2N2O. The van der Waals surface area contributed by atoms with E-state index in [2.05, 4.69) is 20.9 Å². The molecule has 2 N–H and O–H groups in total. The topological polar surface area (TPSA) is 48.1 Å². The molecular weight excluding hydrogens is 339 g/mol. The van der Waals surface area contributed by atoms with Crippen LogP contribution in [0.5, 0.6) is 11.6 Å². The average molecular weight is 348 g/mol. The second kappa shape index (κ2) is 5.34. The van der Waals surface area contributed by atoms with Crippen LogP contribution in [0.2, 0.25) is 10.0 Å². The molecule has 2 rings (SSSR count). The van der Waals surface area contributed by atoms with Crippen LogP contribution >= 0.6 is 39.1 Å². The lowest BCUT2D eigenvalue weighted by molar-refractivity contribution is 0.459. The van der Waals surface area contributed by atoms with E-state index < -0.39 is 0 Å². The molecule has 1 aromatic heterocycles. The van der Waals surface area contributed by atoms with Crippen molar-refractivity contribution in [1.82, 2.24) is 4.98 Å². The highest BCUT2D eigenvalue weighted by Crippen LogP contribution is 2.34. The van der Waals surface area contributed by atoms with E-state index in [1.54, 1.807) is 24.4 Å². The maximum absolute atomic E-state index is 5.91. The van der Waals surface area contributed by atoms with E-state index in [0.29, 0.717) is 31.8 Å². The van der Waals surface area contributed by atoms with Crippen LogP contribution < -0.4 is 10.5 Å². The highest BCUT2D eigenvalue weighted by atomic mass is 79.9. The number of aromatic nitrogens is 1. The van der Waals surface area contributed by atoms with Gasteiger partial charge >= 0.3 is 0 Å². The summed E-state index contributed by atoms with van der Waals surface area (Å²) in [5, 5.41) is 0.905. The van der Waals surface area contributed by atoms with Gasteiger partial charge in [-0.25, -0.2) is 4.98 Å². The van der Waals surface area contributed by atoms with Crippen molar-refractivity contribution < 1.29 is 4.74 Å². The van der Waals surface area contributed by atoms with Crippen molar-refractivity contribution in [3.63, 3.8) is 0 Å². The van der Waals surface area contributed by atoms with Gasteiger partial charge in [0, 0.05) is 6.07 Å². The number of nitrogens with two attached hydrogens (primary N) is 1. The first-order chi connectivity index (χ1) is 8.49. The van der Waals surface area contributed by atoms with Gasteiger partial charge in [-0.1, -0.05) is 23.2 Å². The lowest BCUT2D eigenvalue weighted by Gasteiger charge is -2.10. The van der Waals surface area contributed by atoms with Crippen LogP contribution in [0.4, 0.5) is 5.69 Å². The summed E-state index contributed by atoms with van der Waals surface area (Å²) in [6, 6.07) is 5.01. The predicted octanol–water partition coefficient (Wildman–Crippen LogP) is 4.83. The quantitative estimate of drug-likeness (QED) is 0.845. The molecule has 0 aliphatic heterocycles. The van der Waals surface area contributed by atoms with Gasteiger partial charge in [-0.3, -0.25) is 0 Å². The van der Waals surface area contributed by atoms with E-state index in [-0.39, 0.29) is 0 Å². The zero-order valence-corrected chi connectivity index (χ0v) is 12.5. The van der Waals surface area contributed by atoms with Gasteiger partial charge in [-0.05, 0) is 40.5 Å². The van der Waals surface area contributed by atoms with Crippen LogP contribution in [0, 0.1) is 6.92 Å². The third-order valence-electron chi connectivity index (χ3n) is 2.38. The van der Waals surface area contributed by atoms with Gasteiger partial charge in [0.15, 0.2) is 0 Å². The SMILES string of the molecule is Cc1c(N)cnc(Oc2ccc(Cl)c(Cl)c2)c1Br. The fourth-order valence-electron chi connectivity index (χ4n) is 1.29. The molecule has 2 aromatic rings. The Morgan fingerprint density at radius 3 is 2.67 bits per heavy atom. The monoisotopic (exact) mass is 346 g/mol. The number of pyridine rings is 1. The Bertz CT molecular complexity index is 605. The molecule has 18 heavy (non-hydrogen) atoms. The fraction of sp³-hybridized carbons (Fsp3) is 0.0833. The zero-order chi connectivity index (χ0) is 13.3. The normalized spacial score (nSPS) is 10.4. The van der Waals surface area contributed by atoms with Crippen molar-refractivity contribution in [2.45, 2.75) is 6.92 Å². The molecule has 0 unspecified atom stereocenters. The van der Waals surface area contributed by atoms with Gasteiger partial charge in [0.1, 0.15) is 5.75 Å². The number of hydrogen-bond acceptors (Lipinski definition) is 3. The molecule has 94 valence electrons. The minimum absolute atomic E-state index is 0.428. The molecule has 0 atom stereocenters. The van der Waals surface area contributed by atoms with Gasteiger partial charge in [-0.2, -0.15) is 0 Å². The minimum Gasteiger partial charge on any atom is -0.438 e. The van der Waals surface area contributed by atoms with Crippen LogP contribution in [0.25, 0.3) is 0 Å². The van der Waals surface area contributed by atoms with E-state index >= 15 is 0 Å². The number of hydrogen-bond donors (Lipinski definition) is 1. The number of benzene rings is 1. The van der Waals surface area contributed by atoms with Gasteiger partial charge < -0.3 is 10.5 Å². The molecule has 3 nitrogen and oxygen atoms in total. The zero-order valence-electron chi connectivity index (χ0n) is 9.38. The molecule has 1 heterocycles. The predicted molar refractivity (Wildman–Crippen MR) is 77.6 cm³/mol. The van der Waals surface area contributed by atoms with Crippen molar-refractivity contribution >= 4 is 44.8 Å². The average Bonchev–Trinajstić information content (AvgIpc) is 2.34. The Balaban J connectivity index is 2.34. The fourth-order valence-corrected chi connectivity index (χ4v) is 1.99. The molecule has 0 aliphatic rings. The lowest BCUT2D eigenvalue weighted by atomic mass is 10.2. The van der Waals surface area contributed by atoms with Gasteiger partial charge in [0.05, 0.1) is 26.4 Å². The third kappa shape index (κ3) is 2.71. The maximum Gasteiger partial charge on any atom is 0.233 e. The molecule has 0 amide bonds. The molecule has 6 heteroatoms. The van der Waals surface area contributed by atoms with E-state index in [1.165, 1.54) is 0 Å². The van der Waals surface area contributed by atoms with Gasteiger partial charge in [0.25, 0.3) is 0 Å². The Hall–Kier alpha value is -0.970. The van der Waals surface area contributed by atoms with E-state index in [1.807, 2.05) is 6.92 Å². The summed E-state index contributed by atoms with van der Waals surface area (Å²) in [4.78, 5) is 4.12. The van der Waals surface area contributed by atoms with E-state index in [0.717, 1.165) is 5.56 Å². The molecule has 1 aromatic carbocycles. The van der Waals surface area contributed by atoms with Crippen LogP contribution in [0.3, 0.4) is 0 Å². The number of halogens is 3. The van der Waals surface area contributed by atoms with Crippen LogP contribution in [0.15, 0.2) is 28.9 Å². The summed E-state index contributed by atoms with van der Waals surface area (Å²) < 4.78 is 6.34. The van der Waals surface area contributed by atoms with E-state index in [4.69, 9.17) is 33.7 Å². The van der Waals surface area contributed by atoms with Gasteiger partial charge in [-0.15, -0.1) is 0 Å². The molecule has 0 bridgehead atoms. The first kappa shape index (κ1) is 13.5. The summed E-state index contributed by atoms with van der Waals surface area (Å²) in [6.07, 6.45) is 1.55. The van der Waals surface area contributed by atoms with Gasteiger partial charge in [0.2, 0.25) is 5.88 Å². The standard InChI is InChI=1S/C12H9BrCl2N2O/c1-6-10(16)5-17-12(11(6)13)18-7-2-3-8(14)9(15)4-7/h2-5H,16H2,1H3. The summed E-state index contributed by atoms with van der Waals surface area (Å²) in [5.41, 5.74) is 7.22. The van der Waals surface area contributed by atoms with Crippen molar-refractivity contribution in [2.24, 2.45) is 0 Å². The largest absolute Gasteiger partial charge is 0.438 e. The minimum atomic E-state index is 0.428. The summed E-state index contributed by atoms with van der Waals surface area (Å²) in [6.45, 7) is 1.88. The van der Waals surface area contributed by atoms with Crippen LogP contribution in [0.1, 0.15) is 5.56 Å². The summed E-state index contributed by atoms with van der Waals surface area (Å²) >= 11 is 15.1. The van der Waals surface area contributed by atoms with Crippen molar-refractivity contribution in [1.29, 1.82) is 0 Å². The second-order valence-corrected chi connectivity index (χ2v) is 5.24. The highest BCUT2D eigenvalue weighted by molar-refractivity contribution is 9.10. The number of nitrogen functional groups attached to an aromatic ring is 1. The van der Waals surface area contributed by atoms with Crippen molar-refractivity contribution in [2.75, 3.05) is 5.73 Å². The Morgan fingerprint density at radius 1 is 1.28 bits per heavy atom. The molecule has 0 radical (unpaired) electrons. The number of ether oxygens (including phenoxy) is 1. The number of rotatable bonds is 2. The molecule has 0 spiro atoms. The van der Waals surface area contributed by atoms with E-state index in [9.17, 15) is 0 Å². The summed E-state index contributed by atoms with van der Waals surface area (Å²) in [7, 11) is 0. The molecule has 0 fully saturated rings. The van der Waals surface area contributed by atoms with Crippen LogP contribution in [-0.2, 0) is 0 Å². The molecule has 0 saturated heterocycles.